The topological polar surface area (TPSA) is 93.6 Å². The third kappa shape index (κ3) is 3.21. The van der Waals surface area contributed by atoms with Gasteiger partial charge in [-0.25, -0.2) is 9.78 Å². The molecule has 7 nitrogen and oxygen atoms in total. The van der Waals surface area contributed by atoms with Crippen LogP contribution in [0.25, 0.3) is 0 Å². The highest BCUT2D eigenvalue weighted by molar-refractivity contribution is 7.87. The van der Waals surface area contributed by atoms with Gasteiger partial charge < -0.3 is 4.74 Å². The molecular weight excluding hydrogens is 323 g/mol. The molecule has 0 saturated carbocycles. The fourth-order valence-corrected chi connectivity index (χ4v) is 3.59. The van der Waals surface area contributed by atoms with Crippen LogP contribution in [0.4, 0.5) is 9.02 Å². The number of aryl methyl sites for hydroxylation is 1. The van der Waals surface area contributed by atoms with Crippen LogP contribution in [0.15, 0.2) is 0 Å². The fourth-order valence-electron chi connectivity index (χ4n) is 1.93. The van der Waals surface area contributed by atoms with Crippen molar-refractivity contribution in [2.45, 2.75) is 25.5 Å². The first kappa shape index (κ1) is 15.8. The van der Waals surface area contributed by atoms with E-state index in [1.165, 1.54) is 0 Å². The summed E-state index contributed by atoms with van der Waals surface area (Å²) in [4.78, 5) is 28.9. The lowest BCUT2D eigenvalue weighted by Gasteiger charge is -2.11. The van der Waals surface area contributed by atoms with E-state index in [1.54, 1.807) is 13.8 Å². The summed E-state index contributed by atoms with van der Waals surface area (Å²) in [7, 11) is -4.78. The van der Waals surface area contributed by atoms with Gasteiger partial charge in [0.05, 0.1) is 12.3 Å². The van der Waals surface area contributed by atoms with Crippen molar-refractivity contribution in [2.24, 2.45) is 0 Å². The molecule has 21 heavy (non-hydrogen) atoms. The Labute approximate surface area is 124 Å². The summed E-state index contributed by atoms with van der Waals surface area (Å²) in [5, 5.41) is -1.22. The van der Waals surface area contributed by atoms with E-state index < -0.39 is 33.8 Å². The minimum absolute atomic E-state index is 0.173. The first-order chi connectivity index (χ1) is 9.74. The molecule has 0 N–H and O–H groups in total. The first-order valence-corrected chi connectivity index (χ1v) is 8.38. The number of hydrogen-bond acceptors (Lipinski definition) is 7. The average molecular weight is 336 g/mol. The van der Waals surface area contributed by atoms with Gasteiger partial charge in [0.15, 0.2) is 5.13 Å². The third-order valence-electron chi connectivity index (χ3n) is 2.96. The zero-order valence-corrected chi connectivity index (χ0v) is 13.0. The Morgan fingerprint density at radius 2 is 2.24 bits per heavy atom. The maximum absolute atomic E-state index is 13.0. The van der Waals surface area contributed by atoms with Crippen LogP contribution >= 0.6 is 11.3 Å². The van der Waals surface area contributed by atoms with E-state index in [9.17, 15) is 21.9 Å². The maximum Gasteiger partial charge on any atom is 0.350 e. The van der Waals surface area contributed by atoms with E-state index in [0.717, 1.165) is 16.2 Å². The van der Waals surface area contributed by atoms with Crippen LogP contribution in [-0.4, -0.2) is 43.7 Å². The molecule has 0 aromatic carbocycles. The van der Waals surface area contributed by atoms with Crippen molar-refractivity contribution in [1.29, 1.82) is 0 Å². The number of esters is 1. The van der Waals surface area contributed by atoms with Crippen LogP contribution in [0.5, 0.6) is 0 Å². The van der Waals surface area contributed by atoms with Crippen LogP contribution in [0.2, 0.25) is 0 Å². The molecule has 0 aliphatic carbocycles. The van der Waals surface area contributed by atoms with Gasteiger partial charge in [-0.2, -0.15) is 8.42 Å². The van der Waals surface area contributed by atoms with Crippen LogP contribution < -0.4 is 4.90 Å². The smallest absolute Gasteiger partial charge is 0.350 e. The number of amides is 1. The highest BCUT2D eigenvalue weighted by atomic mass is 32.3. The molecule has 1 aliphatic heterocycles. The molecule has 10 heteroatoms. The van der Waals surface area contributed by atoms with Crippen LogP contribution in [0.3, 0.4) is 0 Å². The molecule has 116 valence electrons. The number of anilines is 1. The molecule has 1 aromatic heterocycles. The van der Waals surface area contributed by atoms with Crippen molar-refractivity contribution in [1.82, 2.24) is 4.98 Å². The minimum atomic E-state index is -4.78. The number of aromatic nitrogens is 1. The Hall–Kier alpha value is -1.55. The van der Waals surface area contributed by atoms with Gasteiger partial charge in [0.2, 0.25) is 5.91 Å². The Balaban J connectivity index is 2.26. The quantitative estimate of drug-likeness (QED) is 0.602. The van der Waals surface area contributed by atoms with E-state index in [4.69, 9.17) is 4.74 Å². The molecular formula is C11H13FN2O5S2. The van der Waals surface area contributed by atoms with Crippen LogP contribution in [0.1, 0.15) is 28.7 Å². The van der Waals surface area contributed by atoms with Crippen molar-refractivity contribution in [3.63, 3.8) is 0 Å². The SMILES string of the molecule is CCOC(=O)c1sc(N2CC(S(=O)(=O)F)CC2=O)nc1C. The Kier molecular flexibility index (Phi) is 4.28. The number of thiazole rings is 1. The lowest BCUT2D eigenvalue weighted by Crippen LogP contribution is -2.26. The van der Waals surface area contributed by atoms with Gasteiger partial charge in [0.1, 0.15) is 10.1 Å². The van der Waals surface area contributed by atoms with Gasteiger partial charge in [-0.1, -0.05) is 11.3 Å². The second kappa shape index (κ2) is 5.68. The lowest BCUT2D eigenvalue weighted by molar-refractivity contribution is -0.117. The van der Waals surface area contributed by atoms with Gasteiger partial charge in [0.25, 0.3) is 0 Å². The zero-order valence-electron chi connectivity index (χ0n) is 11.3. The van der Waals surface area contributed by atoms with Gasteiger partial charge in [-0.05, 0) is 13.8 Å². The summed E-state index contributed by atoms with van der Waals surface area (Å²) in [6.07, 6.45) is -0.424. The number of carbonyl (C=O) groups excluding carboxylic acids is 2. The number of ether oxygens (including phenoxy) is 1. The summed E-state index contributed by atoms with van der Waals surface area (Å²) in [6.45, 7) is 3.15. The monoisotopic (exact) mass is 336 g/mol. The number of hydrogen-bond donors (Lipinski definition) is 0. The fraction of sp³-hybridized carbons (Fsp3) is 0.545. The highest BCUT2D eigenvalue weighted by Gasteiger charge is 2.40. The summed E-state index contributed by atoms with van der Waals surface area (Å²) in [5.41, 5.74) is 0.382. The third-order valence-corrected chi connectivity index (χ3v) is 5.24. The van der Waals surface area contributed by atoms with Crippen molar-refractivity contribution in [3.8, 4) is 0 Å². The van der Waals surface area contributed by atoms with Crippen LogP contribution in [0, 0.1) is 6.92 Å². The zero-order chi connectivity index (χ0) is 15.8. The molecule has 0 spiro atoms. The Bertz CT molecular complexity index is 685. The van der Waals surface area contributed by atoms with Crippen LogP contribution in [-0.2, 0) is 19.8 Å². The predicted octanol–water partition coefficient (Wildman–Crippen LogP) is 1.03. The maximum atomic E-state index is 13.0. The van der Waals surface area contributed by atoms with Gasteiger partial charge >= 0.3 is 16.2 Å². The van der Waals surface area contributed by atoms with Crippen molar-refractivity contribution in [2.75, 3.05) is 18.1 Å². The lowest BCUT2D eigenvalue weighted by atomic mass is 10.4. The van der Waals surface area contributed by atoms with E-state index in [2.05, 4.69) is 4.98 Å². The number of halogens is 1. The van der Waals surface area contributed by atoms with E-state index in [0.29, 0.717) is 5.69 Å². The van der Waals surface area contributed by atoms with Gasteiger partial charge in [-0.3, -0.25) is 9.69 Å². The number of nitrogens with zero attached hydrogens (tertiary/aromatic N) is 2. The number of rotatable bonds is 4. The van der Waals surface area contributed by atoms with Gasteiger partial charge in [0, 0.05) is 13.0 Å². The van der Waals surface area contributed by atoms with E-state index in [1.807, 2.05) is 0 Å². The molecule has 1 atom stereocenters. The normalized spacial score (nSPS) is 19.1. The molecule has 2 rings (SSSR count). The highest BCUT2D eigenvalue weighted by Crippen LogP contribution is 2.31. The Morgan fingerprint density at radius 1 is 1.57 bits per heavy atom. The van der Waals surface area contributed by atoms with Crippen molar-refractivity contribution >= 4 is 38.6 Å². The van der Waals surface area contributed by atoms with E-state index in [-0.39, 0.29) is 23.2 Å². The molecule has 0 radical (unpaired) electrons. The summed E-state index contributed by atoms with van der Waals surface area (Å²) in [5.74, 6) is -1.09. The molecule has 1 fully saturated rings. The van der Waals surface area contributed by atoms with Gasteiger partial charge in [-0.15, -0.1) is 3.89 Å². The molecule has 1 aromatic rings. The van der Waals surface area contributed by atoms with Crippen molar-refractivity contribution in [3.05, 3.63) is 10.6 Å². The summed E-state index contributed by atoms with van der Waals surface area (Å²) in [6, 6.07) is 0. The molecule has 1 amide bonds. The summed E-state index contributed by atoms with van der Waals surface area (Å²) < 4.78 is 39.6. The predicted molar refractivity (Wildman–Crippen MR) is 73.6 cm³/mol. The minimum Gasteiger partial charge on any atom is -0.462 e. The largest absolute Gasteiger partial charge is 0.462 e. The van der Waals surface area contributed by atoms with E-state index >= 15 is 0 Å². The molecule has 1 aliphatic rings. The van der Waals surface area contributed by atoms with Crippen molar-refractivity contribution < 1.29 is 26.6 Å². The second-order valence-corrected chi connectivity index (χ2v) is 7.03. The molecule has 2 heterocycles. The Morgan fingerprint density at radius 3 is 2.76 bits per heavy atom. The molecule has 1 unspecified atom stereocenters. The first-order valence-electron chi connectivity index (χ1n) is 6.12. The average Bonchev–Trinajstić information content (AvgIpc) is 2.92. The molecule has 0 bridgehead atoms. The standard InChI is InChI=1S/C11H13FN2O5S2/c1-3-19-10(16)9-6(2)13-11(20-9)14-5-7(4-8(14)15)21(12,17)18/h7H,3-5H2,1-2H3. The second-order valence-electron chi connectivity index (χ2n) is 4.44. The number of carbonyl (C=O) groups is 2. The molecule has 1 saturated heterocycles. The summed E-state index contributed by atoms with van der Waals surface area (Å²) >= 11 is 0.923.